The van der Waals surface area contributed by atoms with Gasteiger partial charge in [-0.25, -0.2) is 4.99 Å². The number of nitrogens with zero attached hydrogens (tertiary/aromatic N) is 1. The Morgan fingerprint density at radius 2 is 1.97 bits per heavy atom. The lowest BCUT2D eigenvalue weighted by Gasteiger charge is -2.33. The average Bonchev–Trinajstić information content (AvgIpc) is 3.18. The van der Waals surface area contributed by atoms with E-state index in [9.17, 15) is 4.79 Å². The number of carbonyl (C=O) groups is 1. The number of thiophene rings is 1. The summed E-state index contributed by atoms with van der Waals surface area (Å²) >= 11 is 14.8. The van der Waals surface area contributed by atoms with E-state index in [-0.39, 0.29) is 11.3 Å². The van der Waals surface area contributed by atoms with E-state index in [2.05, 4.69) is 57.9 Å². The molecule has 0 radical (unpaired) electrons. The molecule has 1 amide bonds. The highest BCUT2D eigenvalue weighted by molar-refractivity contribution is 9.11. The van der Waals surface area contributed by atoms with Crippen LogP contribution in [0.15, 0.2) is 50.3 Å². The van der Waals surface area contributed by atoms with E-state index in [1.54, 1.807) is 29.7 Å². The van der Waals surface area contributed by atoms with Gasteiger partial charge < -0.3 is 10.1 Å². The Balaban J connectivity index is 1.75. The van der Waals surface area contributed by atoms with Crippen LogP contribution in [0.5, 0.6) is 5.75 Å². The molecule has 190 valence electrons. The van der Waals surface area contributed by atoms with E-state index < -0.39 is 0 Å². The molecule has 1 aliphatic carbocycles. The van der Waals surface area contributed by atoms with Crippen LogP contribution < -0.4 is 10.1 Å². The summed E-state index contributed by atoms with van der Waals surface area (Å²) in [6.07, 6.45) is 4.69. The number of halogens is 3. The Morgan fingerprint density at radius 3 is 2.64 bits per heavy atom. The van der Waals surface area contributed by atoms with E-state index in [0.29, 0.717) is 28.8 Å². The van der Waals surface area contributed by atoms with Gasteiger partial charge in [0.2, 0.25) is 0 Å². The van der Waals surface area contributed by atoms with E-state index >= 15 is 0 Å². The predicted octanol–water partition coefficient (Wildman–Crippen LogP) is 9.48. The highest BCUT2D eigenvalue weighted by Gasteiger charge is 2.33. The van der Waals surface area contributed by atoms with Gasteiger partial charge in [-0.3, -0.25) is 4.79 Å². The molecule has 1 aromatic heterocycles. The third kappa shape index (κ3) is 6.24. The van der Waals surface area contributed by atoms with Crippen molar-refractivity contribution in [3.8, 4) is 5.75 Å². The highest BCUT2D eigenvalue weighted by Crippen LogP contribution is 2.45. The van der Waals surface area contributed by atoms with Crippen molar-refractivity contribution < 1.29 is 9.53 Å². The lowest BCUT2D eigenvalue weighted by Crippen LogP contribution is -2.27. The molecule has 0 bridgehead atoms. The van der Waals surface area contributed by atoms with Crippen LogP contribution in [-0.2, 0) is 12.8 Å². The summed E-state index contributed by atoms with van der Waals surface area (Å²) in [4.78, 5) is 19.7. The minimum absolute atomic E-state index is 0.142. The number of nitrogens with one attached hydrogen (secondary N) is 1. The van der Waals surface area contributed by atoms with Gasteiger partial charge in [-0.15, -0.1) is 11.3 Å². The van der Waals surface area contributed by atoms with Crippen LogP contribution in [0.4, 0.5) is 10.7 Å². The first-order valence-electron chi connectivity index (χ1n) is 11.9. The molecule has 3 aromatic rings. The number of rotatable bonds is 6. The summed E-state index contributed by atoms with van der Waals surface area (Å²) < 4.78 is 7.63. The number of hydrogen-bond acceptors (Lipinski definition) is 4. The van der Waals surface area contributed by atoms with Crippen LogP contribution >= 0.6 is 54.8 Å². The van der Waals surface area contributed by atoms with Gasteiger partial charge in [0.25, 0.3) is 5.91 Å². The first-order valence-corrected chi connectivity index (χ1v) is 14.7. The number of amides is 1. The SMILES string of the molecule is CCOc1c(Br)cc(Br)cc1C=Nc1sc2c(c1C(=O)Nc1ccc(Cl)cc1)CC[C@H](C(C)(C)C)C2. The van der Waals surface area contributed by atoms with Crippen LogP contribution in [0.2, 0.25) is 5.02 Å². The Hall–Kier alpha value is -1.67. The van der Waals surface area contributed by atoms with Crippen LogP contribution in [0, 0.1) is 11.3 Å². The van der Waals surface area contributed by atoms with E-state index in [1.807, 2.05) is 31.2 Å². The Kier molecular flexibility index (Phi) is 8.65. The normalized spacial score (nSPS) is 15.7. The van der Waals surface area contributed by atoms with Crippen molar-refractivity contribution in [2.75, 3.05) is 11.9 Å². The smallest absolute Gasteiger partial charge is 0.259 e. The molecular weight excluding hydrogens is 624 g/mol. The molecule has 1 heterocycles. The number of hydrogen-bond donors (Lipinski definition) is 1. The molecule has 1 atom stereocenters. The molecule has 0 spiro atoms. The van der Waals surface area contributed by atoms with Gasteiger partial charge in [0.05, 0.1) is 16.6 Å². The molecular formula is C28H29Br2ClN2O2S. The lowest BCUT2D eigenvalue weighted by molar-refractivity contribution is 0.102. The fourth-order valence-corrected chi connectivity index (χ4v) is 7.23. The maximum Gasteiger partial charge on any atom is 0.259 e. The van der Waals surface area contributed by atoms with E-state index in [4.69, 9.17) is 21.3 Å². The first-order chi connectivity index (χ1) is 17.1. The number of aliphatic imine (C=N–C) groups is 1. The average molecular weight is 653 g/mol. The zero-order chi connectivity index (χ0) is 26.0. The molecule has 36 heavy (non-hydrogen) atoms. The van der Waals surface area contributed by atoms with Gasteiger partial charge in [0.15, 0.2) is 0 Å². The van der Waals surface area contributed by atoms with Crippen molar-refractivity contribution in [2.24, 2.45) is 16.3 Å². The number of carbonyl (C=O) groups excluding carboxylic acids is 1. The van der Waals surface area contributed by atoms with Crippen molar-refractivity contribution in [3.05, 3.63) is 71.9 Å². The van der Waals surface area contributed by atoms with Crippen LogP contribution in [-0.4, -0.2) is 18.7 Å². The zero-order valence-corrected chi connectivity index (χ0v) is 25.5. The minimum atomic E-state index is -0.142. The summed E-state index contributed by atoms with van der Waals surface area (Å²) in [6, 6.07) is 11.1. The van der Waals surface area contributed by atoms with Gasteiger partial charge in [-0.1, -0.05) is 48.3 Å². The number of ether oxygens (including phenoxy) is 1. The summed E-state index contributed by atoms with van der Waals surface area (Å²) in [6.45, 7) is 9.38. The zero-order valence-electron chi connectivity index (χ0n) is 20.8. The van der Waals surface area contributed by atoms with Gasteiger partial charge in [-0.2, -0.15) is 0 Å². The topological polar surface area (TPSA) is 50.7 Å². The second-order valence-corrected chi connectivity index (χ2v) is 13.2. The van der Waals surface area contributed by atoms with Gasteiger partial charge >= 0.3 is 0 Å². The minimum Gasteiger partial charge on any atom is -0.492 e. The third-order valence-electron chi connectivity index (χ3n) is 6.45. The molecule has 1 aliphatic rings. The molecule has 0 unspecified atom stereocenters. The Bertz CT molecular complexity index is 1300. The summed E-state index contributed by atoms with van der Waals surface area (Å²) in [5.74, 6) is 1.15. The quantitative estimate of drug-likeness (QED) is 0.270. The fourth-order valence-electron chi connectivity index (χ4n) is 4.46. The van der Waals surface area contributed by atoms with Gasteiger partial charge in [0.1, 0.15) is 10.8 Å². The second kappa shape index (κ2) is 11.4. The van der Waals surface area contributed by atoms with Gasteiger partial charge in [-0.05, 0) is 95.4 Å². The standard InChI is InChI=1S/C28H29Br2ClN2O2S/c1-5-35-25-16(12-18(29)14-22(25)30)15-32-27-24(26(34)33-20-9-7-19(31)8-10-20)21-11-6-17(28(2,3)4)13-23(21)36-27/h7-10,12,14-15,17H,5-6,11,13H2,1-4H3,(H,33,34)/t17-/m0/s1. The van der Waals surface area contributed by atoms with Crippen LogP contribution in [0.25, 0.3) is 0 Å². The fraction of sp³-hybridized carbons (Fsp3) is 0.357. The summed E-state index contributed by atoms with van der Waals surface area (Å²) in [5, 5.41) is 4.40. The molecule has 0 fully saturated rings. The Labute approximate surface area is 238 Å². The molecule has 4 nitrogen and oxygen atoms in total. The summed E-state index contributed by atoms with van der Waals surface area (Å²) in [7, 11) is 0. The largest absolute Gasteiger partial charge is 0.492 e. The number of fused-ring (bicyclic) bond motifs is 1. The van der Waals surface area contributed by atoms with Crippen LogP contribution in [0.1, 0.15) is 60.5 Å². The van der Waals surface area contributed by atoms with Crippen molar-refractivity contribution in [2.45, 2.75) is 47.0 Å². The first kappa shape index (κ1) is 27.4. The Morgan fingerprint density at radius 1 is 1.25 bits per heavy atom. The monoisotopic (exact) mass is 650 g/mol. The van der Waals surface area contributed by atoms with Crippen molar-refractivity contribution in [1.82, 2.24) is 0 Å². The molecule has 0 aliphatic heterocycles. The number of anilines is 1. The second-order valence-electron chi connectivity index (χ2n) is 9.95. The maximum absolute atomic E-state index is 13.6. The molecule has 1 N–H and O–H groups in total. The highest BCUT2D eigenvalue weighted by atomic mass is 79.9. The number of benzene rings is 2. The van der Waals surface area contributed by atoms with Gasteiger partial charge in [0, 0.05) is 31.8 Å². The molecule has 0 saturated heterocycles. The van der Waals surface area contributed by atoms with Crippen molar-refractivity contribution in [3.63, 3.8) is 0 Å². The van der Waals surface area contributed by atoms with Crippen molar-refractivity contribution in [1.29, 1.82) is 0 Å². The lowest BCUT2D eigenvalue weighted by atomic mass is 9.72. The molecule has 2 aromatic carbocycles. The van der Waals surface area contributed by atoms with E-state index in [0.717, 1.165) is 50.1 Å². The van der Waals surface area contributed by atoms with Crippen LogP contribution in [0.3, 0.4) is 0 Å². The maximum atomic E-state index is 13.6. The molecule has 4 rings (SSSR count). The third-order valence-corrected chi connectivity index (χ3v) is 8.91. The summed E-state index contributed by atoms with van der Waals surface area (Å²) in [5.41, 5.74) is 3.55. The molecule has 8 heteroatoms. The predicted molar refractivity (Wildman–Crippen MR) is 159 cm³/mol. The van der Waals surface area contributed by atoms with Crippen molar-refractivity contribution >= 4 is 77.6 Å². The molecule has 0 saturated carbocycles. The van der Waals surface area contributed by atoms with E-state index in [1.165, 1.54) is 4.88 Å².